The predicted octanol–water partition coefficient (Wildman–Crippen LogP) is 2.41. The summed E-state index contributed by atoms with van der Waals surface area (Å²) < 4.78 is 5.09. The smallest absolute Gasteiger partial charge is 0.339 e. The Kier molecular flexibility index (Phi) is 5.97. The van der Waals surface area contributed by atoms with Gasteiger partial charge in [0.1, 0.15) is 11.3 Å². The zero-order valence-electron chi connectivity index (χ0n) is 10.7. The maximum absolute atomic E-state index is 11.0. The number of carboxylic acids is 1. The molecule has 0 radical (unpaired) electrons. The van der Waals surface area contributed by atoms with Crippen molar-refractivity contribution in [2.45, 2.75) is 13.3 Å². The third-order valence-electron chi connectivity index (χ3n) is 2.21. The summed E-state index contributed by atoms with van der Waals surface area (Å²) in [5.41, 5.74) is 0.627. The van der Waals surface area contributed by atoms with E-state index in [4.69, 9.17) is 9.84 Å². The van der Waals surface area contributed by atoms with Crippen molar-refractivity contribution in [1.29, 1.82) is 0 Å². The molecule has 0 aliphatic heterocycles. The van der Waals surface area contributed by atoms with Crippen LogP contribution in [-0.2, 0) is 4.79 Å². The SMILES string of the molecule is COc1c(C#CCCSC(C)=O)cccc1C(=O)O. The van der Waals surface area contributed by atoms with Gasteiger partial charge in [-0.25, -0.2) is 4.79 Å². The van der Waals surface area contributed by atoms with Crippen LogP contribution in [0.4, 0.5) is 0 Å². The molecule has 1 N–H and O–H groups in total. The second-order valence-corrected chi connectivity index (χ2v) is 4.86. The van der Waals surface area contributed by atoms with Gasteiger partial charge in [-0.1, -0.05) is 29.7 Å². The van der Waals surface area contributed by atoms with Gasteiger partial charge >= 0.3 is 5.97 Å². The Morgan fingerprint density at radius 3 is 2.74 bits per heavy atom. The van der Waals surface area contributed by atoms with Crippen LogP contribution in [0.2, 0.25) is 0 Å². The van der Waals surface area contributed by atoms with Gasteiger partial charge < -0.3 is 9.84 Å². The Morgan fingerprint density at radius 1 is 1.42 bits per heavy atom. The predicted molar refractivity (Wildman–Crippen MR) is 74.6 cm³/mol. The van der Waals surface area contributed by atoms with Crippen LogP contribution in [0.5, 0.6) is 5.75 Å². The molecule has 1 rings (SSSR count). The molecule has 100 valence electrons. The summed E-state index contributed by atoms with van der Waals surface area (Å²) in [6, 6.07) is 4.80. The molecule has 0 saturated carbocycles. The molecule has 19 heavy (non-hydrogen) atoms. The summed E-state index contributed by atoms with van der Waals surface area (Å²) in [7, 11) is 1.42. The molecule has 0 aromatic heterocycles. The normalized spacial score (nSPS) is 9.37. The summed E-state index contributed by atoms with van der Waals surface area (Å²) in [6.45, 7) is 1.51. The van der Waals surface area contributed by atoms with Gasteiger partial charge in [0.2, 0.25) is 0 Å². The van der Waals surface area contributed by atoms with Crippen LogP contribution < -0.4 is 4.74 Å². The molecule has 1 aromatic rings. The van der Waals surface area contributed by atoms with Crippen molar-refractivity contribution in [1.82, 2.24) is 0 Å². The van der Waals surface area contributed by atoms with E-state index in [9.17, 15) is 9.59 Å². The van der Waals surface area contributed by atoms with E-state index in [1.165, 1.54) is 31.9 Å². The second-order valence-electron chi connectivity index (χ2n) is 3.58. The van der Waals surface area contributed by atoms with Gasteiger partial charge in [0, 0.05) is 19.1 Å². The van der Waals surface area contributed by atoms with Crippen LogP contribution in [-0.4, -0.2) is 29.1 Å². The molecule has 1 aromatic carbocycles. The molecule has 5 heteroatoms. The van der Waals surface area contributed by atoms with E-state index < -0.39 is 5.97 Å². The van der Waals surface area contributed by atoms with Gasteiger partial charge in [-0.15, -0.1) is 0 Å². The summed E-state index contributed by atoms with van der Waals surface area (Å²) in [4.78, 5) is 21.7. The number of carbonyl (C=O) groups is 2. The lowest BCUT2D eigenvalue weighted by molar-refractivity contribution is -0.109. The fraction of sp³-hybridized carbons (Fsp3) is 0.286. The van der Waals surface area contributed by atoms with E-state index in [1.807, 2.05) is 0 Å². The van der Waals surface area contributed by atoms with E-state index in [2.05, 4.69) is 11.8 Å². The number of benzene rings is 1. The number of ether oxygens (including phenoxy) is 1. The maximum atomic E-state index is 11.0. The van der Waals surface area contributed by atoms with Gasteiger partial charge in [-0.2, -0.15) is 0 Å². The zero-order valence-corrected chi connectivity index (χ0v) is 11.5. The van der Waals surface area contributed by atoms with Crippen LogP contribution >= 0.6 is 11.8 Å². The van der Waals surface area contributed by atoms with Gasteiger partial charge in [-0.05, 0) is 12.1 Å². The lowest BCUT2D eigenvalue weighted by atomic mass is 10.1. The summed E-state index contributed by atoms with van der Waals surface area (Å²) in [6.07, 6.45) is 0.560. The zero-order chi connectivity index (χ0) is 14.3. The highest BCUT2D eigenvalue weighted by molar-refractivity contribution is 8.13. The second kappa shape index (κ2) is 7.49. The molecule has 0 unspecified atom stereocenters. The molecule has 0 fully saturated rings. The number of para-hydroxylation sites is 1. The highest BCUT2D eigenvalue weighted by Gasteiger charge is 2.13. The van der Waals surface area contributed by atoms with Crippen LogP contribution in [0.3, 0.4) is 0 Å². The average Bonchev–Trinajstić information content (AvgIpc) is 2.37. The number of rotatable bonds is 4. The molecule has 0 heterocycles. The first-order valence-corrected chi connectivity index (χ1v) is 6.57. The first-order valence-electron chi connectivity index (χ1n) is 5.58. The Labute approximate surface area is 116 Å². The van der Waals surface area contributed by atoms with Crippen LogP contribution in [0.25, 0.3) is 0 Å². The number of methoxy groups -OCH3 is 1. The van der Waals surface area contributed by atoms with E-state index >= 15 is 0 Å². The third kappa shape index (κ3) is 4.68. The van der Waals surface area contributed by atoms with Crippen molar-refractivity contribution in [3.05, 3.63) is 29.3 Å². The standard InChI is InChI=1S/C14H14O4S/c1-10(15)19-9-4-3-6-11-7-5-8-12(14(16)17)13(11)18-2/h5,7-8H,4,9H2,1-2H3,(H,16,17). The van der Waals surface area contributed by atoms with Crippen molar-refractivity contribution in [3.8, 4) is 17.6 Å². The minimum absolute atomic E-state index is 0.0623. The van der Waals surface area contributed by atoms with Gasteiger partial charge in [0.15, 0.2) is 5.12 Å². The van der Waals surface area contributed by atoms with Crippen molar-refractivity contribution in [3.63, 3.8) is 0 Å². The highest BCUT2D eigenvalue weighted by Crippen LogP contribution is 2.23. The van der Waals surface area contributed by atoms with Crippen LogP contribution in [0.15, 0.2) is 18.2 Å². The molecule has 0 bridgehead atoms. The van der Waals surface area contributed by atoms with E-state index in [-0.39, 0.29) is 16.4 Å². The van der Waals surface area contributed by atoms with Crippen molar-refractivity contribution in [2.75, 3.05) is 12.9 Å². The third-order valence-corrected chi connectivity index (χ3v) is 3.02. The minimum atomic E-state index is -1.05. The number of carbonyl (C=O) groups excluding carboxylic acids is 1. The molecule has 4 nitrogen and oxygen atoms in total. The number of carboxylic acid groups (broad SMARTS) is 1. The Morgan fingerprint density at radius 2 is 2.16 bits per heavy atom. The molecule has 0 spiro atoms. The molecule has 0 amide bonds. The monoisotopic (exact) mass is 278 g/mol. The number of thioether (sulfide) groups is 1. The molecule has 0 saturated heterocycles. The van der Waals surface area contributed by atoms with Crippen LogP contribution in [0.1, 0.15) is 29.3 Å². The molecular weight excluding hydrogens is 264 g/mol. The van der Waals surface area contributed by atoms with Gasteiger partial charge in [0.05, 0.1) is 12.7 Å². The Bertz CT molecular complexity index is 540. The largest absolute Gasteiger partial charge is 0.495 e. The van der Waals surface area contributed by atoms with E-state index in [1.54, 1.807) is 12.1 Å². The molecular formula is C14H14O4S. The summed E-state index contributed by atoms with van der Waals surface area (Å²) in [5, 5.41) is 9.09. The van der Waals surface area contributed by atoms with Gasteiger partial charge in [0.25, 0.3) is 0 Å². The number of hydrogen-bond acceptors (Lipinski definition) is 4. The van der Waals surface area contributed by atoms with Crippen LogP contribution in [0, 0.1) is 11.8 Å². The van der Waals surface area contributed by atoms with Gasteiger partial charge in [-0.3, -0.25) is 4.79 Å². The quantitative estimate of drug-likeness (QED) is 0.677. The van der Waals surface area contributed by atoms with Crippen molar-refractivity contribution < 1.29 is 19.4 Å². The topological polar surface area (TPSA) is 63.6 Å². The first-order chi connectivity index (χ1) is 9.06. The summed E-state index contributed by atoms with van der Waals surface area (Å²) in [5.74, 6) is 5.62. The Hall–Kier alpha value is -1.93. The lowest BCUT2D eigenvalue weighted by Gasteiger charge is -2.06. The van der Waals surface area contributed by atoms with Crippen molar-refractivity contribution in [2.24, 2.45) is 0 Å². The number of hydrogen-bond donors (Lipinski definition) is 1. The molecule has 0 atom stereocenters. The fourth-order valence-electron chi connectivity index (χ4n) is 1.43. The summed E-state index contributed by atoms with van der Waals surface area (Å²) >= 11 is 1.22. The maximum Gasteiger partial charge on any atom is 0.339 e. The average molecular weight is 278 g/mol. The highest BCUT2D eigenvalue weighted by atomic mass is 32.2. The first kappa shape index (κ1) is 15.1. The fourth-order valence-corrected chi connectivity index (χ4v) is 1.92. The van der Waals surface area contributed by atoms with E-state index in [0.29, 0.717) is 17.7 Å². The van der Waals surface area contributed by atoms with E-state index in [0.717, 1.165) is 0 Å². The Balaban J connectivity index is 2.84. The number of aromatic carboxylic acids is 1. The van der Waals surface area contributed by atoms with Crippen molar-refractivity contribution >= 4 is 22.8 Å². The molecule has 0 aliphatic carbocycles. The molecule has 0 aliphatic rings. The minimum Gasteiger partial charge on any atom is -0.495 e. The lowest BCUT2D eigenvalue weighted by Crippen LogP contribution is -2.01.